The molecule has 0 atom stereocenters. The second-order valence-electron chi connectivity index (χ2n) is 6.48. The van der Waals surface area contributed by atoms with Gasteiger partial charge in [-0.3, -0.25) is 4.79 Å². The molecule has 1 aliphatic carbocycles. The van der Waals surface area contributed by atoms with Crippen molar-refractivity contribution < 1.29 is 13.7 Å². The minimum atomic E-state index is 0.125. The summed E-state index contributed by atoms with van der Waals surface area (Å²) in [4.78, 5) is 11.5. The van der Waals surface area contributed by atoms with Gasteiger partial charge in [-0.05, 0) is 68.0 Å². The first-order valence-electron chi connectivity index (χ1n) is 8.77. The minimum absolute atomic E-state index is 0.125. The Morgan fingerprint density at radius 3 is 2.62 bits per heavy atom. The molecule has 2 aliphatic rings. The van der Waals surface area contributed by atoms with E-state index in [1.165, 1.54) is 30.4 Å². The number of ether oxygens (including phenoxy) is 1. The van der Waals surface area contributed by atoms with Gasteiger partial charge in [0.2, 0.25) is 0 Å². The summed E-state index contributed by atoms with van der Waals surface area (Å²) >= 11 is 3.73. The van der Waals surface area contributed by atoms with Crippen LogP contribution in [0.4, 0.5) is 0 Å². The number of rotatable bonds is 1. The maximum absolute atomic E-state index is 11.5. The van der Waals surface area contributed by atoms with Crippen molar-refractivity contribution in [3.8, 4) is 17.6 Å². The zero-order chi connectivity index (χ0) is 18.5. The molecular weight excluding hydrogens is 346 g/mol. The van der Waals surface area contributed by atoms with Gasteiger partial charge in [0.25, 0.3) is 0 Å². The highest BCUT2D eigenvalue weighted by molar-refractivity contribution is 7.75. The highest BCUT2D eigenvalue weighted by Gasteiger charge is 2.21. The average Bonchev–Trinajstić information content (AvgIpc) is 2.69. The smallest absolute Gasteiger partial charge is 0.170 e. The number of benzene rings is 2. The van der Waals surface area contributed by atoms with Gasteiger partial charge in [0.05, 0.1) is 23.8 Å². The van der Waals surface area contributed by atoms with E-state index in [1.54, 1.807) is 12.1 Å². The van der Waals surface area contributed by atoms with Gasteiger partial charge in [-0.1, -0.05) is 6.07 Å². The quantitative estimate of drug-likeness (QED) is 0.590. The predicted molar refractivity (Wildman–Crippen MR) is 103 cm³/mol. The van der Waals surface area contributed by atoms with Crippen molar-refractivity contribution >= 4 is 18.7 Å². The molecule has 134 valence electrons. The van der Waals surface area contributed by atoms with E-state index in [2.05, 4.69) is 25.0 Å². The second-order valence-corrected chi connectivity index (χ2v) is 6.66. The van der Waals surface area contributed by atoms with Gasteiger partial charge in [-0.15, -0.1) is 0 Å². The van der Waals surface area contributed by atoms with Crippen LogP contribution in [0.25, 0.3) is 0 Å². The molecule has 4 rings (SSSR count). The lowest BCUT2D eigenvalue weighted by molar-refractivity contribution is 0.0932. The van der Waals surface area contributed by atoms with Gasteiger partial charge < -0.3 is 8.92 Å². The Labute approximate surface area is 159 Å². The third kappa shape index (κ3) is 3.86. The first kappa shape index (κ1) is 18.3. The van der Waals surface area contributed by atoms with Crippen molar-refractivity contribution in [1.82, 2.24) is 0 Å². The molecule has 0 N–H and O–H groups in total. The summed E-state index contributed by atoms with van der Waals surface area (Å²) in [6.07, 6.45) is 5.39. The minimum Gasteiger partial charge on any atom is -0.492 e. The molecule has 0 aromatic heterocycles. The van der Waals surface area contributed by atoms with Gasteiger partial charge in [0, 0.05) is 24.9 Å². The molecule has 0 saturated heterocycles. The van der Waals surface area contributed by atoms with Gasteiger partial charge in [-0.25, -0.2) is 0 Å². The predicted octanol–water partition coefficient (Wildman–Crippen LogP) is 4.62. The largest absolute Gasteiger partial charge is 0.492 e. The molecule has 2 aromatic rings. The molecule has 5 heteroatoms. The van der Waals surface area contributed by atoms with E-state index in [1.807, 2.05) is 19.1 Å². The van der Waals surface area contributed by atoms with Crippen LogP contribution in [0.1, 0.15) is 51.9 Å². The van der Waals surface area contributed by atoms with E-state index in [9.17, 15) is 4.79 Å². The van der Waals surface area contributed by atoms with Crippen LogP contribution in [-0.4, -0.2) is 12.4 Å². The highest BCUT2D eigenvalue weighted by atomic mass is 32.1. The third-order valence-electron chi connectivity index (χ3n) is 4.81. The molecular formula is C21H21NO3S. The van der Waals surface area contributed by atoms with Crippen LogP contribution in [0.3, 0.4) is 0 Å². The number of hydrogen-bond acceptors (Lipinski definition) is 5. The first-order valence-corrected chi connectivity index (χ1v) is 9.13. The van der Waals surface area contributed by atoms with E-state index in [0.717, 1.165) is 17.5 Å². The molecule has 0 amide bonds. The molecule has 0 fully saturated rings. The fourth-order valence-corrected chi connectivity index (χ4v) is 3.56. The molecule has 4 nitrogen and oxygen atoms in total. The zero-order valence-corrected chi connectivity index (χ0v) is 15.6. The SMILES string of the molecule is Cc1c(OS)ccc2c1OCCC2=O.N#Cc1ccc2c(c1)CCCC2. The number of nitriles is 1. The highest BCUT2D eigenvalue weighted by Crippen LogP contribution is 2.34. The molecule has 1 heterocycles. The van der Waals surface area contributed by atoms with Crippen LogP contribution in [0.5, 0.6) is 11.5 Å². The van der Waals surface area contributed by atoms with Crippen molar-refractivity contribution in [3.05, 3.63) is 58.1 Å². The molecule has 0 saturated carbocycles. The molecule has 1 aliphatic heterocycles. The Morgan fingerprint density at radius 1 is 1.12 bits per heavy atom. The fourth-order valence-electron chi connectivity index (χ4n) is 3.36. The van der Waals surface area contributed by atoms with Gasteiger partial charge in [0.1, 0.15) is 11.5 Å². The Morgan fingerprint density at radius 2 is 1.88 bits per heavy atom. The number of carbonyl (C=O) groups excluding carboxylic acids is 1. The van der Waals surface area contributed by atoms with E-state index in [4.69, 9.17) is 14.2 Å². The zero-order valence-electron chi connectivity index (χ0n) is 14.7. The third-order valence-corrected chi connectivity index (χ3v) is 5.00. The Balaban J connectivity index is 0.000000152. The van der Waals surface area contributed by atoms with Gasteiger partial charge in [-0.2, -0.15) is 5.26 Å². The lowest BCUT2D eigenvalue weighted by Gasteiger charge is -2.19. The lowest BCUT2D eigenvalue weighted by atomic mass is 9.91. The van der Waals surface area contributed by atoms with E-state index < -0.39 is 0 Å². The number of aryl methyl sites for hydroxylation is 2. The number of fused-ring (bicyclic) bond motifs is 2. The van der Waals surface area contributed by atoms with Crippen molar-refractivity contribution in [2.24, 2.45) is 0 Å². The van der Waals surface area contributed by atoms with Crippen LogP contribution < -0.4 is 8.92 Å². The van der Waals surface area contributed by atoms with Crippen LogP contribution in [0, 0.1) is 18.3 Å². The summed E-state index contributed by atoms with van der Waals surface area (Å²) < 4.78 is 10.3. The van der Waals surface area contributed by atoms with E-state index in [-0.39, 0.29) is 5.78 Å². The van der Waals surface area contributed by atoms with Crippen molar-refractivity contribution in [1.29, 1.82) is 5.26 Å². The number of thiol groups is 1. The number of hydrogen-bond donors (Lipinski definition) is 1. The van der Waals surface area contributed by atoms with E-state index in [0.29, 0.717) is 30.1 Å². The van der Waals surface area contributed by atoms with Crippen LogP contribution in [0.15, 0.2) is 30.3 Å². The number of ketones is 1. The molecule has 0 unspecified atom stereocenters. The van der Waals surface area contributed by atoms with Gasteiger partial charge >= 0.3 is 0 Å². The Hall–Kier alpha value is -2.45. The van der Waals surface area contributed by atoms with Crippen LogP contribution >= 0.6 is 12.9 Å². The molecule has 0 spiro atoms. The van der Waals surface area contributed by atoms with Crippen molar-refractivity contribution in [2.75, 3.05) is 6.61 Å². The summed E-state index contributed by atoms with van der Waals surface area (Å²) in [5.41, 5.74) is 5.10. The molecule has 26 heavy (non-hydrogen) atoms. The maximum Gasteiger partial charge on any atom is 0.170 e. The summed E-state index contributed by atoms with van der Waals surface area (Å²) in [5, 5.41) is 8.69. The summed E-state index contributed by atoms with van der Waals surface area (Å²) in [6.45, 7) is 2.30. The van der Waals surface area contributed by atoms with Gasteiger partial charge in [0.15, 0.2) is 5.78 Å². The second kappa shape index (κ2) is 8.29. The number of Topliss-reactive ketones (excluding diaryl/α,β-unsaturated/α-hetero) is 1. The van der Waals surface area contributed by atoms with E-state index >= 15 is 0 Å². The normalized spacial score (nSPS) is 14.7. The fraction of sp³-hybridized carbons (Fsp3) is 0.333. The summed E-state index contributed by atoms with van der Waals surface area (Å²) in [7, 11) is 0. The average molecular weight is 367 g/mol. The molecule has 0 radical (unpaired) electrons. The topological polar surface area (TPSA) is 59.3 Å². The van der Waals surface area contributed by atoms with Crippen molar-refractivity contribution in [3.63, 3.8) is 0 Å². The van der Waals surface area contributed by atoms with Crippen molar-refractivity contribution in [2.45, 2.75) is 39.0 Å². The lowest BCUT2D eigenvalue weighted by Crippen LogP contribution is -2.16. The Kier molecular flexibility index (Phi) is 5.85. The number of nitrogens with zero attached hydrogens (tertiary/aromatic N) is 1. The molecule has 2 aromatic carbocycles. The summed E-state index contributed by atoms with van der Waals surface area (Å²) in [5.74, 6) is 1.38. The standard InChI is InChI=1S/C11H11N.C10H10O3S/c12-8-9-5-6-10-3-1-2-4-11(10)7-9;1-6-9(13-14)3-2-7-8(11)4-5-12-10(6)7/h5-7H,1-4H2;2-3,14H,4-5H2,1H3. The monoisotopic (exact) mass is 367 g/mol. The maximum atomic E-state index is 11.5. The molecule has 0 bridgehead atoms. The van der Waals surface area contributed by atoms with Crippen LogP contribution in [-0.2, 0) is 12.8 Å². The number of carbonyl (C=O) groups is 1. The Bertz CT molecular complexity index is 870. The summed E-state index contributed by atoms with van der Waals surface area (Å²) in [6, 6.07) is 11.7. The van der Waals surface area contributed by atoms with Crippen LogP contribution in [0.2, 0.25) is 0 Å². The first-order chi connectivity index (χ1) is 12.6.